The molecule has 1 saturated heterocycles. The van der Waals surface area contributed by atoms with Crippen molar-refractivity contribution in [3.63, 3.8) is 0 Å². The van der Waals surface area contributed by atoms with Crippen molar-refractivity contribution in [1.29, 1.82) is 0 Å². The molecule has 5 nitrogen and oxygen atoms in total. The van der Waals surface area contributed by atoms with Gasteiger partial charge in [-0.15, -0.1) is 0 Å². The number of hydrogen-bond donors (Lipinski definition) is 0. The summed E-state index contributed by atoms with van der Waals surface area (Å²) in [6.07, 6.45) is 1.75. The zero-order valence-electron chi connectivity index (χ0n) is 8.32. The van der Waals surface area contributed by atoms with Crippen LogP contribution in [-0.2, 0) is 20.0 Å². The summed E-state index contributed by atoms with van der Waals surface area (Å²) >= 11 is 0. The van der Waals surface area contributed by atoms with Crippen LogP contribution >= 0.6 is 0 Å². The van der Waals surface area contributed by atoms with Crippen LogP contribution in [0.5, 0.6) is 0 Å². The number of halogens is 3. The van der Waals surface area contributed by atoms with Crippen molar-refractivity contribution in [2.45, 2.75) is 18.3 Å². The third-order valence-electron chi connectivity index (χ3n) is 1.44. The SMILES string of the molecule is O=S(=O)([O-])C(F)(F)F.O=S1(=O)CCCC1.[Li+]. The molecule has 0 aromatic heterocycles. The average Bonchev–Trinajstić information content (AvgIpc) is 2.30. The summed E-state index contributed by atoms with van der Waals surface area (Å²) in [5.74, 6) is 0.847. The standard InChI is InChI=1S/C4H8O2S.CHF3O3S.Li/c5-7(6)3-1-2-4-7;2-1(3,4)8(5,6)7;/h1-4H2;(H,5,6,7);/q;;+1/p-1. The Bertz CT molecular complexity index is 386. The Hall–Kier alpha value is 0.247. The van der Waals surface area contributed by atoms with E-state index in [2.05, 4.69) is 0 Å². The van der Waals surface area contributed by atoms with E-state index < -0.39 is 25.5 Å². The van der Waals surface area contributed by atoms with E-state index >= 15 is 0 Å². The molecule has 0 N–H and O–H groups in total. The Balaban J connectivity index is 0. The van der Waals surface area contributed by atoms with Crippen LogP contribution in [0.2, 0.25) is 0 Å². The molecule has 0 unspecified atom stereocenters. The largest absolute Gasteiger partial charge is 1.00 e. The van der Waals surface area contributed by atoms with Gasteiger partial charge in [-0.25, -0.2) is 16.8 Å². The van der Waals surface area contributed by atoms with Crippen molar-refractivity contribution >= 4 is 20.0 Å². The Labute approximate surface area is 103 Å². The van der Waals surface area contributed by atoms with E-state index in [0.29, 0.717) is 11.5 Å². The Morgan fingerprint density at radius 1 is 1.06 bits per heavy atom. The first-order chi connectivity index (χ1) is 6.46. The van der Waals surface area contributed by atoms with Crippen LogP contribution in [0.4, 0.5) is 13.2 Å². The van der Waals surface area contributed by atoms with Crippen molar-refractivity contribution in [2.75, 3.05) is 11.5 Å². The van der Waals surface area contributed by atoms with E-state index in [1.807, 2.05) is 0 Å². The van der Waals surface area contributed by atoms with Gasteiger partial charge in [-0.05, 0) is 12.8 Å². The zero-order chi connectivity index (χ0) is 12.3. The van der Waals surface area contributed by atoms with Crippen molar-refractivity contribution in [2.24, 2.45) is 0 Å². The van der Waals surface area contributed by atoms with Gasteiger partial charge in [0.25, 0.3) is 0 Å². The molecule has 0 saturated carbocycles. The van der Waals surface area contributed by atoms with Crippen molar-refractivity contribution in [3.05, 3.63) is 0 Å². The van der Waals surface area contributed by atoms with Gasteiger partial charge in [0.15, 0.2) is 10.1 Å². The molecule has 11 heteroatoms. The molecule has 0 bridgehead atoms. The number of sulfone groups is 1. The van der Waals surface area contributed by atoms with Gasteiger partial charge in [-0.3, -0.25) is 0 Å². The molecule has 0 radical (unpaired) electrons. The van der Waals surface area contributed by atoms with Crippen LogP contribution < -0.4 is 18.9 Å². The Morgan fingerprint density at radius 2 is 1.31 bits per heavy atom. The van der Waals surface area contributed by atoms with Gasteiger partial charge in [0.2, 0.25) is 0 Å². The predicted octanol–water partition coefficient (Wildman–Crippen LogP) is -2.75. The number of hydrogen-bond acceptors (Lipinski definition) is 5. The van der Waals surface area contributed by atoms with E-state index in [-0.39, 0.29) is 18.9 Å². The summed E-state index contributed by atoms with van der Waals surface area (Å²) < 4.78 is 79.8. The van der Waals surface area contributed by atoms with Crippen LogP contribution in [0.3, 0.4) is 0 Å². The van der Waals surface area contributed by atoms with E-state index in [1.54, 1.807) is 0 Å². The van der Waals surface area contributed by atoms with Gasteiger partial charge in [0.1, 0.15) is 9.84 Å². The molecule has 1 aliphatic rings. The molecule has 0 aromatic carbocycles. The van der Waals surface area contributed by atoms with Crippen molar-refractivity contribution < 1.29 is 53.4 Å². The Morgan fingerprint density at radius 3 is 1.38 bits per heavy atom. The molecule has 0 aromatic rings. The third-order valence-corrected chi connectivity index (χ3v) is 3.83. The third kappa shape index (κ3) is 7.51. The molecular weight excluding hydrogens is 268 g/mol. The number of alkyl halides is 3. The van der Waals surface area contributed by atoms with E-state index in [0.717, 1.165) is 12.8 Å². The van der Waals surface area contributed by atoms with Crippen molar-refractivity contribution in [3.8, 4) is 0 Å². The zero-order valence-corrected chi connectivity index (χ0v) is 9.95. The summed E-state index contributed by atoms with van der Waals surface area (Å²) in [5, 5.41) is 0. The number of rotatable bonds is 0. The quantitative estimate of drug-likeness (QED) is 0.272. The molecule has 1 fully saturated rings. The second kappa shape index (κ2) is 6.25. The summed E-state index contributed by atoms with van der Waals surface area (Å²) in [6.45, 7) is 0. The maximum Gasteiger partial charge on any atom is 1.00 e. The van der Waals surface area contributed by atoms with Gasteiger partial charge in [-0.2, -0.15) is 13.2 Å². The first-order valence-electron chi connectivity index (χ1n) is 3.68. The summed E-state index contributed by atoms with van der Waals surface area (Å²) in [5.41, 5.74) is -5.65. The van der Waals surface area contributed by atoms with Gasteiger partial charge in [-0.1, -0.05) is 0 Å². The normalized spacial score (nSPS) is 19.2. The van der Waals surface area contributed by atoms with E-state index in [9.17, 15) is 21.6 Å². The summed E-state index contributed by atoms with van der Waals surface area (Å²) in [6, 6.07) is 0. The average molecular weight is 276 g/mol. The van der Waals surface area contributed by atoms with Crippen molar-refractivity contribution in [1.82, 2.24) is 0 Å². The summed E-state index contributed by atoms with van der Waals surface area (Å²) in [7, 11) is -8.64. The first-order valence-corrected chi connectivity index (χ1v) is 6.91. The molecule has 0 atom stereocenters. The van der Waals surface area contributed by atoms with E-state index in [4.69, 9.17) is 13.0 Å². The summed E-state index contributed by atoms with van der Waals surface area (Å²) in [4.78, 5) is 0. The van der Waals surface area contributed by atoms with Crippen LogP contribution in [-0.4, -0.2) is 38.4 Å². The van der Waals surface area contributed by atoms with Crippen LogP contribution in [0.1, 0.15) is 12.8 Å². The molecule has 0 spiro atoms. The Kier molecular flexibility index (Phi) is 7.27. The molecule has 0 amide bonds. The molecular formula is C5H8F3LiO5S2. The van der Waals surface area contributed by atoms with Crippen LogP contribution in [0, 0.1) is 0 Å². The smallest absolute Gasteiger partial charge is 0.741 e. The second-order valence-corrected chi connectivity index (χ2v) is 6.43. The maximum absolute atomic E-state index is 10.7. The maximum atomic E-state index is 10.7. The van der Waals surface area contributed by atoms with Crippen LogP contribution in [0.15, 0.2) is 0 Å². The molecule has 92 valence electrons. The van der Waals surface area contributed by atoms with Gasteiger partial charge < -0.3 is 4.55 Å². The molecule has 0 aliphatic carbocycles. The van der Waals surface area contributed by atoms with Gasteiger partial charge >= 0.3 is 24.4 Å². The fraction of sp³-hybridized carbons (Fsp3) is 1.00. The molecule has 1 aliphatic heterocycles. The fourth-order valence-corrected chi connectivity index (χ4v) is 2.24. The van der Waals surface area contributed by atoms with Crippen LogP contribution in [0.25, 0.3) is 0 Å². The predicted molar refractivity (Wildman–Crippen MR) is 43.6 cm³/mol. The monoisotopic (exact) mass is 276 g/mol. The van der Waals surface area contributed by atoms with Gasteiger partial charge in [0, 0.05) is 0 Å². The second-order valence-electron chi connectivity index (χ2n) is 2.76. The minimum absolute atomic E-state index is 0. The first kappa shape index (κ1) is 18.6. The fourth-order valence-electron chi connectivity index (χ4n) is 0.746. The molecule has 1 heterocycles. The minimum atomic E-state index is -6.09. The topological polar surface area (TPSA) is 91.3 Å². The molecule has 16 heavy (non-hydrogen) atoms. The molecule has 1 rings (SSSR count). The van der Waals surface area contributed by atoms with E-state index in [1.165, 1.54) is 0 Å². The minimum Gasteiger partial charge on any atom is -0.741 e. The van der Waals surface area contributed by atoms with Gasteiger partial charge in [0.05, 0.1) is 11.5 Å².